The van der Waals surface area contributed by atoms with E-state index in [0.717, 1.165) is 21.7 Å². The number of rotatable bonds is 5. The molecule has 4 rings (SSSR count). The number of ether oxygens (including phenoxy) is 1. The summed E-state index contributed by atoms with van der Waals surface area (Å²) >= 11 is 6.06. The lowest BCUT2D eigenvalue weighted by Gasteiger charge is -2.24. The molecule has 0 saturated heterocycles. The summed E-state index contributed by atoms with van der Waals surface area (Å²) in [4.78, 5) is 14.3. The highest BCUT2D eigenvalue weighted by molar-refractivity contribution is 6.30. The van der Waals surface area contributed by atoms with E-state index in [1.165, 1.54) is 6.92 Å². The van der Waals surface area contributed by atoms with Crippen LogP contribution in [0.25, 0.3) is 16.9 Å². The molecular weight excluding hydrogens is 424 g/mol. The zero-order chi connectivity index (χ0) is 22.2. The van der Waals surface area contributed by atoms with E-state index < -0.39 is 18.4 Å². The maximum absolute atomic E-state index is 14.1. The summed E-state index contributed by atoms with van der Waals surface area (Å²) in [6, 6.07) is 14.7. The number of aryl methyl sites for hydroxylation is 1. The van der Waals surface area contributed by atoms with Gasteiger partial charge in [-0.2, -0.15) is 5.10 Å². The van der Waals surface area contributed by atoms with Gasteiger partial charge in [0, 0.05) is 17.0 Å². The maximum Gasteiger partial charge on any atom is 0.278 e. The van der Waals surface area contributed by atoms with Gasteiger partial charge in [0.25, 0.3) is 11.8 Å². The first-order chi connectivity index (χ1) is 14.8. The number of hydrogen-bond acceptors (Lipinski definition) is 3. The number of carbonyl (C=O) groups excluding carboxylic acids is 1. The van der Waals surface area contributed by atoms with Crippen LogP contribution < -0.4 is 4.74 Å². The quantitative estimate of drug-likeness (QED) is 0.529. The van der Waals surface area contributed by atoms with Crippen molar-refractivity contribution in [3.05, 3.63) is 64.8 Å². The molecule has 0 radical (unpaired) electrons. The number of carbonyl (C=O) groups is 1. The Balaban J connectivity index is 1.88. The van der Waals surface area contributed by atoms with E-state index >= 15 is 0 Å². The van der Waals surface area contributed by atoms with Crippen molar-refractivity contribution in [2.45, 2.75) is 26.2 Å². The first-order valence-electron chi connectivity index (χ1n) is 10.1. The molecule has 5 nitrogen and oxygen atoms in total. The zero-order valence-electron chi connectivity index (χ0n) is 17.2. The number of alkyl halides is 2. The lowest BCUT2D eigenvalue weighted by Crippen LogP contribution is -2.41. The summed E-state index contributed by atoms with van der Waals surface area (Å²) in [5, 5.41) is 5.12. The number of benzene rings is 2. The first-order valence-corrected chi connectivity index (χ1v) is 10.4. The Morgan fingerprint density at radius 1 is 1.16 bits per heavy atom. The van der Waals surface area contributed by atoms with Gasteiger partial charge in [-0.3, -0.25) is 4.79 Å². The maximum atomic E-state index is 14.1. The van der Waals surface area contributed by atoms with Gasteiger partial charge in [0.15, 0.2) is 11.4 Å². The molecule has 2 heterocycles. The summed E-state index contributed by atoms with van der Waals surface area (Å²) in [5.41, 5.74) is 3.07. The second kappa shape index (κ2) is 8.30. The highest BCUT2D eigenvalue weighted by Crippen LogP contribution is 2.38. The van der Waals surface area contributed by atoms with Crippen LogP contribution in [0.15, 0.2) is 48.5 Å². The molecule has 8 heteroatoms. The van der Waals surface area contributed by atoms with Crippen LogP contribution in [0.2, 0.25) is 5.02 Å². The van der Waals surface area contributed by atoms with E-state index in [0.29, 0.717) is 10.7 Å². The Morgan fingerprint density at radius 3 is 2.55 bits per heavy atom. The molecule has 31 heavy (non-hydrogen) atoms. The third kappa shape index (κ3) is 4.14. The molecule has 0 N–H and O–H groups in total. The van der Waals surface area contributed by atoms with Gasteiger partial charge in [0.05, 0.1) is 18.8 Å². The topological polar surface area (TPSA) is 47.4 Å². The van der Waals surface area contributed by atoms with Gasteiger partial charge < -0.3 is 9.64 Å². The summed E-state index contributed by atoms with van der Waals surface area (Å²) in [5.74, 6) is -3.25. The second-order valence-electron chi connectivity index (χ2n) is 7.52. The minimum absolute atomic E-state index is 0.0256. The Hall–Kier alpha value is -2.93. The van der Waals surface area contributed by atoms with Gasteiger partial charge in [-0.1, -0.05) is 48.9 Å². The Kier molecular flexibility index (Phi) is 5.71. The smallest absolute Gasteiger partial charge is 0.278 e. The molecule has 2 aromatic carbocycles. The van der Waals surface area contributed by atoms with Crippen LogP contribution in [0.4, 0.5) is 8.78 Å². The molecule has 0 aliphatic carbocycles. The molecule has 0 bridgehead atoms. The molecule has 0 spiro atoms. The van der Waals surface area contributed by atoms with Crippen molar-refractivity contribution in [1.29, 1.82) is 0 Å². The van der Waals surface area contributed by atoms with Crippen molar-refractivity contribution in [3.8, 4) is 22.7 Å². The summed E-state index contributed by atoms with van der Waals surface area (Å²) in [6.45, 7) is 2.83. The first kappa shape index (κ1) is 21.3. The lowest BCUT2D eigenvalue weighted by molar-refractivity contribution is -0.0311. The highest BCUT2D eigenvalue weighted by Gasteiger charge is 2.37. The van der Waals surface area contributed by atoms with Crippen molar-refractivity contribution in [1.82, 2.24) is 14.7 Å². The standard InChI is InChI=1S/C23H22ClF2N3O2/c1-3-23(25,26)14-28-12-13-31-21-19(22(28)30)27-29(18-7-5-4-6-15(18)2)20(21)16-8-10-17(24)11-9-16/h4-11H,3,12-14H2,1-2H3. The van der Waals surface area contributed by atoms with E-state index in [1.807, 2.05) is 43.3 Å². The van der Waals surface area contributed by atoms with Gasteiger partial charge in [0.2, 0.25) is 0 Å². The van der Waals surface area contributed by atoms with Crippen LogP contribution in [-0.2, 0) is 0 Å². The molecule has 3 aromatic rings. The van der Waals surface area contributed by atoms with Crippen LogP contribution in [0.3, 0.4) is 0 Å². The zero-order valence-corrected chi connectivity index (χ0v) is 18.0. The van der Waals surface area contributed by atoms with Gasteiger partial charge in [0.1, 0.15) is 12.3 Å². The Labute approximate surface area is 184 Å². The van der Waals surface area contributed by atoms with Crippen LogP contribution >= 0.6 is 11.6 Å². The largest absolute Gasteiger partial charge is 0.487 e. The minimum Gasteiger partial charge on any atom is -0.487 e. The third-order valence-corrected chi connectivity index (χ3v) is 5.59. The Bertz CT molecular complexity index is 1110. The molecule has 1 aromatic heterocycles. The predicted octanol–water partition coefficient (Wildman–Crippen LogP) is 5.38. The lowest BCUT2D eigenvalue weighted by atomic mass is 10.1. The van der Waals surface area contributed by atoms with Crippen LogP contribution in [-0.4, -0.2) is 46.2 Å². The van der Waals surface area contributed by atoms with Crippen LogP contribution in [0.5, 0.6) is 5.75 Å². The molecule has 1 aliphatic rings. The second-order valence-corrected chi connectivity index (χ2v) is 7.95. The van der Waals surface area contributed by atoms with Gasteiger partial charge >= 0.3 is 0 Å². The number of para-hydroxylation sites is 1. The number of hydrogen-bond donors (Lipinski definition) is 0. The van der Waals surface area contributed by atoms with E-state index in [4.69, 9.17) is 16.3 Å². The average Bonchev–Trinajstić information content (AvgIpc) is 3.05. The molecule has 0 atom stereocenters. The summed E-state index contributed by atoms with van der Waals surface area (Å²) < 4.78 is 35.7. The van der Waals surface area contributed by atoms with Crippen molar-refractivity contribution in [3.63, 3.8) is 0 Å². The third-order valence-electron chi connectivity index (χ3n) is 5.34. The number of halogens is 3. The van der Waals surface area contributed by atoms with Gasteiger partial charge in [-0.05, 0) is 30.7 Å². The molecule has 0 fully saturated rings. The molecular formula is C23H22ClF2N3O2. The Morgan fingerprint density at radius 2 is 1.87 bits per heavy atom. The van der Waals surface area contributed by atoms with E-state index in [2.05, 4.69) is 5.10 Å². The van der Waals surface area contributed by atoms with Gasteiger partial charge in [-0.15, -0.1) is 0 Å². The highest BCUT2D eigenvalue weighted by atomic mass is 35.5. The minimum atomic E-state index is -2.97. The van der Waals surface area contributed by atoms with Gasteiger partial charge in [-0.25, -0.2) is 13.5 Å². The average molecular weight is 446 g/mol. The number of nitrogens with zero attached hydrogens (tertiary/aromatic N) is 3. The fourth-order valence-corrected chi connectivity index (χ4v) is 3.69. The summed E-state index contributed by atoms with van der Waals surface area (Å²) in [7, 11) is 0. The SMILES string of the molecule is CCC(F)(F)CN1CCOc2c(nn(-c3ccccc3C)c2-c2ccc(Cl)cc2)C1=O. The molecule has 162 valence electrons. The van der Waals surface area contributed by atoms with Crippen molar-refractivity contribution < 1.29 is 18.3 Å². The summed E-state index contributed by atoms with van der Waals surface area (Å²) in [6.07, 6.45) is -0.349. The van der Waals surface area contributed by atoms with E-state index in [1.54, 1.807) is 16.8 Å². The number of amides is 1. The van der Waals surface area contributed by atoms with E-state index in [9.17, 15) is 13.6 Å². The van der Waals surface area contributed by atoms with E-state index in [-0.39, 0.29) is 31.0 Å². The fraction of sp³-hybridized carbons (Fsp3) is 0.304. The molecule has 0 unspecified atom stereocenters. The fourth-order valence-electron chi connectivity index (χ4n) is 3.57. The predicted molar refractivity (Wildman–Crippen MR) is 115 cm³/mol. The normalized spacial score (nSPS) is 14.2. The molecule has 0 saturated carbocycles. The van der Waals surface area contributed by atoms with Crippen molar-refractivity contribution >= 4 is 17.5 Å². The number of aromatic nitrogens is 2. The van der Waals surface area contributed by atoms with Crippen molar-refractivity contribution in [2.24, 2.45) is 0 Å². The van der Waals surface area contributed by atoms with Crippen LogP contribution in [0.1, 0.15) is 29.4 Å². The van der Waals surface area contributed by atoms with Crippen molar-refractivity contribution in [2.75, 3.05) is 19.7 Å². The monoisotopic (exact) mass is 445 g/mol. The van der Waals surface area contributed by atoms with Crippen LogP contribution in [0, 0.1) is 6.92 Å². The molecule has 1 amide bonds. The number of fused-ring (bicyclic) bond motifs is 1. The molecule has 1 aliphatic heterocycles.